The van der Waals surface area contributed by atoms with Crippen molar-refractivity contribution in [1.29, 1.82) is 0 Å². The van der Waals surface area contributed by atoms with E-state index in [0.29, 0.717) is 18.8 Å². The van der Waals surface area contributed by atoms with Gasteiger partial charge in [0.1, 0.15) is 12.4 Å². The van der Waals surface area contributed by atoms with E-state index in [0.717, 1.165) is 24.8 Å². The normalized spacial score (nSPS) is 13.0. The second-order valence-corrected chi connectivity index (χ2v) is 11.9. The van der Waals surface area contributed by atoms with Gasteiger partial charge in [-0.15, -0.1) is 4.52 Å². The summed E-state index contributed by atoms with van der Waals surface area (Å²) in [6, 6.07) is 26.9. The fourth-order valence-electron chi connectivity index (χ4n) is 5.09. The number of hydrogen-bond acceptors (Lipinski definition) is 8. The summed E-state index contributed by atoms with van der Waals surface area (Å²) in [5.41, 5.74) is -1.04. The van der Waals surface area contributed by atoms with Crippen LogP contribution in [-0.4, -0.2) is 30.3 Å². The van der Waals surface area contributed by atoms with Gasteiger partial charge in [0.2, 0.25) is 5.91 Å². The number of rotatable bonds is 25. The third-order valence-electron chi connectivity index (χ3n) is 7.65. The molecule has 10 heteroatoms. The minimum absolute atomic E-state index is 0.0132. The van der Waals surface area contributed by atoms with E-state index in [2.05, 4.69) is 12.2 Å². The number of benzene rings is 3. The topological polar surface area (TPSA) is 109 Å². The lowest BCUT2D eigenvalue weighted by atomic mass is 10.0. The summed E-state index contributed by atoms with van der Waals surface area (Å²) >= 11 is 0. The molecule has 0 aromatic heterocycles. The molecule has 1 amide bonds. The van der Waals surface area contributed by atoms with Crippen molar-refractivity contribution in [3.8, 4) is 11.5 Å². The van der Waals surface area contributed by atoms with Crippen LogP contribution in [0.5, 0.6) is 11.5 Å². The Morgan fingerprint density at radius 2 is 1.34 bits per heavy atom. The summed E-state index contributed by atoms with van der Waals surface area (Å²) in [5.74, 6) is -0.887. The highest BCUT2D eigenvalue weighted by molar-refractivity contribution is 7.17. The number of nitrogens with one attached hydrogen (secondary N) is 1. The first-order chi connectivity index (χ1) is 23.0. The van der Waals surface area contributed by atoms with Crippen LogP contribution in [0.2, 0.25) is 0 Å². The molecule has 3 aromatic carbocycles. The Balaban J connectivity index is 1.72. The van der Waals surface area contributed by atoms with Crippen LogP contribution in [0.15, 0.2) is 91.0 Å². The number of hydrogen-bond donors (Lipinski definition) is 1. The van der Waals surface area contributed by atoms with Crippen molar-refractivity contribution in [2.45, 2.75) is 102 Å². The summed E-state index contributed by atoms with van der Waals surface area (Å²) in [6.45, 7) is 2.41. The van der Waals surface area contributed by atoms with Crippen LogP contribution >= 0.6 is 8.69 Å². The van der Waals surface area contributed by atoms with Gasteiger partial charge in [-0.05, 0) is 40.8 Å². The van der Waals surface area contributed by atoms with E-state index in [-0.39, 0.29) is 25.2 Å². The smallest absolute Gasteiger partial charge is 0.456 e. The molecule has 0 saturated heterocycles. The maximum Gasteiger partial charge on any atom is 0.494 e. The Labute approximate surface area is 280 Å². The lowest BCUT2D eigenvalue weighted by molar-refractivity contribution is -0.234. The first-order valence-corrected chi connectivity index (χ1v) is 17.5. The van der Waals surface area contributed by atoms with Gasteiger partial charge in [-0.25, -0.2) is 9.68 Å². The molecule has 0 aliphatic carbocycles. The zero-order valence-electron chi connectivity index (χ0n) is 27.4. The highest BCUT2D eigenvalue weighted by Gasteiger charge is 2.46. The van der Waals surface area contributed by atoms with Crippen LogP contribution in [0, 0.1) is 0 Å². The first kappa shape index (κ1) is 37.7. The van der Waals surface area contributed by atoms with Gasteiger partial charge in [0, 0.05) is 6.42 Å². The average Bonchev–Trinajstić information content (AvgIpc) is 3.10. The van der Waals surface area contributed by atoms with Crippen molar-refractivity contribution in [2.75, 3.05) is 6.61 Å². The Morgan fingerprint density at radius 3 is 1.96 bits per heavy atom. The fraction of sp³-hybridized carbons (Fsp3) is 0.459. The van der Waals surface area contributed by atoms with E-state index in [9.17, 15) is 14.2 Å². The quantitative estimate of drug-likeness (QED) is 0.0315. The van der Waals surface area contributed by atoms with Crippen LogP contribution in [0.4, 0.5) is 0 Å². The lowest BCUT2D eigenvalue weighted by Crippen LogP contribution is -2.60. The second kappa shape index (κ2) is 22.7. The lowest BCUT2D eigenvalue weighted by Gasteiger charge is -2.32. The highest BCUT2D eigenvalue weighted by Crippen LogP contribution is 2.24. The van der Waals surface area contributed by atoms with Crippen molar-refractivity contribution < 1.29 is 37.9 Å². The van der Waals surface area contributed by atoms with Gasteiger partial charge < -0.3 is 14.8 Å². The second-order valence-electron chi connectivity index (χ2n) is 11.5. The number of unbranched alkanes of at least 4 members (excludes halogenated alkanes) is 8. The predicted octanol–water partition coefficient (Wildman–Crippen LogP) is 8.66. The van der Waals surface area contributed by atoms with Crippen molar-refractivity contribution >= 4 is 20.6 Å². The molecule has 3 aromatic rings. The van der Waals surface area contributed by atoms with Gasteiger partial charge in [0.25, 0.3) is 5.72 Å². The summed E-state index contributed by atoms with van der Waals surface area (Å²) < 4.78 is 28.6. The van der Waals surface area contributed by atoms with E-state index < -0.39 is 32.4 Å². The Kier molecular flexibility index (Phi) is 18.2. The molecule has 0 fully saturated rings. The molecule has 0 bridgehead atoms. The molecule has 254 valence electrons. The molecule has 0 radical (unpaired) electrons. The third kappa shape index (κ3) is 15.1. The molecular formula is C37H49NO8P+. The SMILES string of the molecule is CCCCCCCCCCCC(CC(=O)NC(CCO[PH+]=O)(Oc1ccccc1)C(=O)OOc1ccccc1)OCc1ccccc1. The molecule has 0 spiro atoms. The number of ether oxygens (including phenoxy) is 2. The zero-order chi connectivity index (χ0) is 33.4. The molecule has 9 nitrogen and oxygen atoms in total. The fourth-order valence-corrected chi connectivity index (χ4v) is 5.27. The number of para-hydroxylation sites is 2. The maximum atomic E-state index is 13.7. The number of carbonyl (C=O) groups excluding carboxylic acids is 2. The van der Waals surface area contributed by atoms with Crippen molar-refractivity contribution in [2.24, 2.45) is 0 Å². The maximum absolute atomic E-state index is 13.7. The highest BCUT2D eigenvalue weighted by atomic mass is 31.1. The van der Waals surface area contributed by atoms with E-state index >= 15 is 0 Å². The number of amides is 1. The molecular weight excluding hydrogens is 617 g/mol. The first-order valence-electron chi connectivity index (χ1n) is 16.7. The van der Waals surface area contributed by atoms with Crippen LogP contribution < -0.4 is 14.9 Å². The van der Waals surface area contributed by atoms with Gasteiger partial charge in [-0.2, -0.15) is 0 Å². The van der Waals surface area contributed by atoms with Crippen molar-refractivity contribution in [1.82, 2.24) is 5.32 Å². The molecule has 3 rings (SSSR count). The Hall–Kier alpha value is -3.78. The van der Waals surface area contributed by atoms with Gasteiger partial charge in [0.15, 0.2) is 5.75 Å². The molecule has 1 N–H and O–H groups in total. The van der Waals surface area contributed by atoms with Gasteiger partial charge in [-0.3, -0.25) is 9.68 Å². The molecule has 3 atom stereocenters. The standard InChI is InChI=1S/C37H48NO8P/c1-2-3-4-5-6-7-8-9-15-26-34(42-30-31-20-13-10-14-21-31)29-35(39)38-37(27-28-43-47-41,44-32-22-16-11-17-23-32)36(40)46-45-33-24-18-12-19-25-33/h10-14,16-25,34,47H,2-9,15,26-30H2,1H3/p+1. The zero-order valence-corrected chi connectivity index (χ0v) is 28.4. The van der Waals surface area contributed by atoms with E-state index in [4.69, 9.17) is 23.8 Å². The molecule has 0 aliphatic rings. The van der Waals surface area contributed by atoms with E-state index in [1.165, 1.54) is 38.5 Å². The number of carbonyl (C=O) groups is 2. The third-order valence-corrected chi connectivity index (χ3v) is 7.97. The largest absolute Gasteiger partial charge is 0.494 e. The van der Waals surface area contributed by atoms with E-state index in [1.54, 1.807) is 60.7 Å². The molecule has 0 aliphatic heterocycles. The summed E-state index contributed by atoms with van der Waals surface area (Å²) in [4.78, 5) is 37.9. The summed E-state index contributed by atoms with van der Waals surface area (Å²) in [5, 5.41) is 2.76. The summed E-state index contributed by atoms with van der Waals surface area (Å²) in [7, 11) is -1.06. The monoisotopic (exact) mass is 666 g/mol. The van der Waals surface area contributed by atoms with Crippen molar-refractivity contribution in [3.63, 3.8) is 0 Å². The molecule has 0 heterocycles. The predicted molar refractivity (Wildman–Crippen MR) is 182 cm³/mol. The van der Waals surface area contributed by atoms with Gasteiger partial charge >= 0.3 is 14.7 Å². The van der Waals surface area contributed by atoms with Crippen LogP contribution in [0.1, 0.15) is 89.5 Å². The Morgan fingerprint density at radius 1 is 0.766 bits per heavy atom. The summed E-state index contributed by atoms with van der Waals surface area (Å²) in [6.07, 6.45) is 10.8. The minimum Gasteiger partial charge on any atom is -0.456 e. The van der Waals surface area contributed by atoms with Gasteiger partial charge in [-0.1, -0.05) is 131 Å². The van der Waals surface area contributed by atoms with Crippen LogP contribution in [0.25, 0.3) is 0 Å². The molecule has 47 heavy (non-hydrogen) atoms. The molecule has 0 saturated carbocycles. The van der Waals surface area contributed by atoms with E-state index in [1.807, 2.05) is 30.3 Å². The van der Waals surface area contributed by atoms with Crippen LogP contribution in [-0.2, 0) is 34.9 Å². The Bertz CT molecular complexity index is 1280. The van der Waals surface area contributed by atoms with Crippen molar-refractivity contribution in [3.05, 3.63) is 96.6 Å². The van der Waals surface area contributed by atoms with Crippen LogP contribution in [0.3, 0.4) is 0 Å². The minimum atomic E-state index is -2.05. The van der Waals surface area contributed by atoms with Gasteiger partial charge in [0.05, 0.1) is 19.1 Å². The average molecular weight is 667 g/mol. The molecule has 3 unspecified atom stereocenters.